The molecular weight excluding hydrogens is 310 g/mol. The van der Waals surface area contributed by atoms with E-state index in [9.17, 15) is 0 Å². The highest BCUT2D eigenvalue weighted by Crippen LogP contribution is 2.21. The largest absolute Gasteiger partial charge is 0.373 e. The maximum atomic E-state index is 4.52. The average molecular weight is 326 g/mol. The Labute approximate surface area is 120 Å². The number of aromatic nitrogens is 1. The number of thiophene rings is 1. The molecule has 2 rings (SSSR count). The molecule has 2 heterocycles. The summed E-state index contributed by atoms with van der Waals surface area (Å²) in [5.74, 6) is 0.916. The predicted octanol–water partition coefficient (Wildman–Crippen LogP) is 3.58. The van der Waals surface area contributed by atoms with E-state index in [1.165, 1.54) is 9.35 Å². The van der Waals surface area contributed by atoms with Crippen molar-refractivity contribution < 1.29 is 0 Å². The zero-order valence-corrected chi connectivity index (χ0v) is 12.9. The van der Waals surface area contributed by atoms with Gasteiger partial charge in [-0.3, -0.25) is 4.90 Å². The molecular formula is C13H16BrN3S. The first-order valence-electron chi connectivity index (χ1n) is 5.72. The summed E-state index contributed by atoms with van der Waals surface area (Å²) in [7, 11) is 4.00. The van der Waals surface area contributed by atoms with Crippen LogP contribution in [0.15, 0.2) is 33.4 Å². The molecule has 3 nitrogen and oxygen atoms in total. The van der Waals surface area contributed by atoms with E-state index >= 15 is 0 Å². The molecule has 0 aromatic carbocycles. The minimum Gasteiger partial charge on any atom is -0.373 e. The summed E-state index contributed by atoms with van der Waals surface area (Å²) >= 11 is 5.21. The van der Waals surface area contributed by atoms with Gasteiger partial charge in [0.2, 0.25) is 0 Å². The van der Waals surface area contributed by atoms with E-state index in [0.29, 0.717) is 0 Å². The molecule has 0 fully saturated rings. The number of pyridine rings is 1. The summed E-state index contributed by atoms with van der Waals surface area (Å²) in [6, 6.07) is 8.22. The van der Waals surface area contributed by atoms with Crippen molar-refractivity contribution in [1.82, 2.24) is 9.88 Å². The van der Waals surface area contributed by atoms with Crippen molar-refractivity contribution >= 4 is 33.1 Å². The van der Waals surface area contributed by atoms with Crippen LogP contribution in [0.2, 0.25) is 0 Å². The molecule has 0 saturated carbocycles. The van der Waals surface area contributed by atoms with Gasteiger partial charge in [0.15, 0.2) is 0 Å². The fraction of sp³-hybridized carbons (Fsp3) is 0.308. The third-order valence-electron chi connectivity index (χ3n) is 2.57. The fourth-order valence-corrected chi connectivity index (χ4v) is 2.98. The summed E-state index contributed by atoms with van der Waals surface area (Å²) < 4.78 is 1.18. The second-order valence-electron chi connectivity index (χ2n) is 4.20. The van der Waals surface area contributed by atoms with Crippen LogP contribution in [0.1, 0.15) is 11.3 Å². The van der Waals surface area contributed by atoms with E-state index in [0.717, 1.165) is 24.6 Å². The Morgan fingerprint density at radius 3 is 2.89 bits per heavy atom. The minimum absolute atomic E-state index is 0.850. The van der Waals surface area contributed by atoms with Crippen molar-refractivity contribution in [3.63, 3.8) is 0 Å². The second-order valence-corrected chi connectivity index (χ2v) is 6.49. The summed E-state index contributed by atoms with van der Waals surface area (Å²) in [4.78, 5) is 6.78. The van der Waals surface area contributed by atoms with Crippen LogP contribution in [-0.2, 0) is 13.1 Å². The normalized spacial score (nSPS) is 10.9. The Balaban J connectivity index is 1.96. The summed E-state index contributed by atoms with van der Waals surface area (Å²) in [5.41, 5.74) is 2.41. The number of anilines is 1. The topological polar surface area (TPSA) is 28.2 Å². The SMILES string of the molecule is CNc1cccc(CN(C)Cc2csc(Br)c2)n1. The van der Waals surface area contributed by atoms with E-state index < -0.39 is 0 Å². The van der Waals surface area contributed by atoms with Crippen LogP contribution in [0.25, 0.3) is 0 Å². The molecule has 0 amide bonds. The fourth-order valence-electron chi connectivity index (χ4n) is 1.78. The predicted molar refractivity (Wildman–Crippen MR) is 81.0 cm³/mol. The van der Waals surface area contributed by atoms with Crippen LogP contribution in [0.5, 0.6) is 0 Å². The number of halogens is 1. The Kier molecular flexibility index (Phi) is 4.74. The van der Waals surface area contributed by atoms with Crippen LogP contribution in [0.3, 0.4) is 0 Å². The van der Waals surface area contributed by atoms with Crippen LogP contribution in [-0.4, -0.2) is 24.0 Å². The first-order chi connectivity index (χ1) is 8.67. The molecule has 0 unspecified atom stereocenters. The number of nitrogens with zero attached hydrogens (tertiary/aromatic N) is 2. The molecule has 96 valence electrons. The highest BCUT2D eigenvalue weighted by atomic mass is 79.9. The van der Waals surface area contributed by atoms with E-state index in [4.69, 9.17) is 0 Å². The molecule has 0 aliphatic rings. The van der Waals surface area contributed by atoms with Crippen LogP contribution in [0, 0.1) is 0 Å². The monoisotopic (exact) mass is 325 g/mol. The molecule has 0 radical (unpaired) electrons. The summed E-state index contributed by atoms with van der Waals surface area (Å²) in [5, 5.41) is 5.24. The smallest absolute Gasteiger partial charge is 0.126 e. The van der Waals surface area contributed by atoms with Gasteiger partial charge in [0.1, 0.15) is 5.82 Å². The van der Waals surface area contributed by atoms with Crippen molar-refractivity contribution in [3.8, 4) is 0 Å². The van der Waals surface area contributed by atoms with Gasteiger partial charge in [0.25, 0.3) is 0 Å². The highest BCUT2D eigenvalue weighted by molar-refractivity contribution is 9.11. The maximum Gasteiger partial charge on any atom is 0.126 e. The minimum atomic E-state index is 0.850. The van der Waals surface area contributed by atoms with Gasteiger partial charge in [0, 0.05) is 20.1 Å². The van der Waals surface area contributed by atoms with Crippen molar-refractivity contribution in [1.29, 1.82) is 0 Å². The molecule has 0 atom stereocenters. The third-order valence-corrected chi connectivity index (χ3v) is 4.12. The lowest BCUT2D eigenvalue weighted by atomic mass is 10.3. The van der Waals surface area contributed by atoms with Gasteiger partial charge in [0.05, 0.1) is 9.48 Å². The van der Waals surface area contributed by atoms with E-state index in [-0.39, 0.29) is 0 Å². The third kappa shape index (κ3) is 3.80. The standard InChI is InChI=1S/C13H16BrN3S/c1-15-13-5-3-4-11(16-13)8-17(2)7-10-6-12(14)18-9-10/h3-6,9H,7-8H2,1-2H3,(H,15,16). The molecule has 2 aromatic heterocycles. The quantitative estimate of drug-likeness (QED) is 0.910. The number of nitrogens with one attached hydrogen (secondary N) is 1. The molecule has 0 aliphatic heterocycles. The lowest BCUT2D eigenvalue weighted by molar-refractivity contribution is 0.315. The Morgan fingerprint density at radius 1 is 1.39 bits per heavy atom. The Morgan fingerprint density at radius 2 is 2.22 bits per heavy atom. The molecule has 0 spiro atoms. The Hall–Kier alpha value is -0.910. The highest BCUT2D eigenvalue weighted by Gasteiger charge is 2.05. The summed E-state index contributed by atoms with van der Waals surface area (Å²) in [6.45, 7) is 1.79. The van der Waals surface area contributed by atoms with Gasteiger partial charge < -0.3 is 5.32 Å². The first-order valence-corrected chi connectivity index (χ1v) is 7.40. The molecule has 5 heteroatoms. The molecule has 18 heavy (non-hydrogen) atoms. The van der Waals surface area contributed by atoms with Crippen LogP contribution >= 0.6 is 27.3 Å². The summed E-state index contributed by atoms with van der Waals surface area (Å²) in [6.07, 6.45) is 0. The van der Waals surface area contributed by atoms with Crippen molar-refractivity contribution in [3.05, 3.63) is 44.7 Å². The molecule has 0 saturated heterocycles. The van der Waals surface area contributed by atoms with Gasteiger partial charge >= 0.3 is 0 Å². The zero-order valence-electron chi connectivity index (χ0n) is 10.5. The van der Waals surface area contributed by atoms with Crippen molar-refractivity contribution in [2.75, 3.05) is 19.4 Å². The van der Waals surface area contributed by atoms with Gasteiger partial charge in [-0.1, -0.05) is 6.07 Å². The van der Waals surface area contributed by atoms with Gasteiger partial charge in [-0.15, -0.1) is 11.3 Å². The van der Waals surface area contributed by atoms with Crippen LogP contribution < -0.4 is 5.32 Å². The average Bonchev–Trinajstić information content (AvgIpc) is 2.74. The molecule has 1 N–H and O–H groups in total. The molecule has 2 aromatic rings. The van der Waals surface area contributed by atoms with Gasteiger partial charge in [-0.25, -0.2) is 4.98 Å². The maximum absolute atomic E-state index is 4.52. The van der Waals surface area contributed by atoms with E-state index in [2.05, 4.69) is 55.7 Å². The van der Waals surface area contributed by atoms with Crippen molar-refractivity contribution in [2.24, 2.45) is 0 Å². The van der Waals surface area contributed by atoms with E-state index in [1.54, 1.807) is 11.3 Å². The van der Waals surface area contributed by atoms with Crippen LogP contribution in [0.4, 0.5) is 5.82 Å². The lowest BCUT2D eigenvalue weighted by Gasteiger charge is -2.15. The molecule has 0 aliphatic carbocycles. The zero-order chi connectivity index (χ0) is 13.0. The van der Waals surface area contributed by atoms with Crippen molar-refractivity contribution in [2.45, 2.75) is 13.1 Å². The van der Waals surface area contributed by atoms with Gasteiger partial charge in [-0.2, -0.15) is 0 Å². The number of rotatable bonds is 5. The Bertz CT molecular complexity index is 512. The second kappa shape index (κ2) is 6.31. The van der Waals surface area contributed by atoms with E-state index in [1.807, 2.05) is 19.2 Å². The number of hydrogen-bond donors (Lipinski definition) is 1. The first kappa shape index (κ1) is 13.5. The number of hydrogen-bond acceptors (Lipinski definition) is 4. The molecule has 0 bridgehead atoms. The lowest BCUT2D eigenvalue weighted by Crippen LogP contribution is -2.17. The van der Waals surface area contributed by atoms with Gasteiger partial charge in [-0.05, 0) is 52.1 Å².